The first-order valence-corrected chi connectivity index (χ1v) is 9.20. The smallest absolute Gasteiger partial charge is 0.276 e. The molecular formula is C17H24N8O. The number of piperazine rings is 1. The third-order valence-corrected chi connectivity index (χ3v) is 5.03. The maximum atomic E-state index is 12.4. The summed E-state index contributed by atoms with van der Waals surface area (Å²) in [6.07, 6.45) is 5.41. The van der Waals surface area contributed by atoms with Gasteiger partial charge >= 0.3 is 0 Å². The van der Waals surface area contributed by atoms with Crippen LogP contribution in [0.5, 0.6) is 0 Å². The van der Waals surface area contributed by atoms with Crippen LogP contribution in [0.1, 0.15) is 29.8 Å². The fourth-order valence-electron chi connectivity index (χ4n) is 3.52. The topological polar surface area (TPSA) is 83.3 Å². The van der Waals surface area contributed by atoms with Gasteiger partial charge in [-0.25, -0.2) is 0 Å². The van der Waals surface area contributed by atoms with E-state index in [1.54, 1.807) is 17.9 Å². The Morgan fingerprint density at radius 2 is 1.46 bits per heavy atom. The highest BCUT2D eigenvalue weighted by Crippen LogP contribution is 2.20. The lowest BCUT2D eigenvalue weighted by Crippen LogP contribution is -2.49. The third kappa shape index (κ3) is 3.47. The van der Waals surface area contributed by atoms with Gasteiger partial charge in [-0.2, -0.15) is 0 Å². The number of aryl methyl sites for hydroxylation is 1. The second-order valence-electron chi connectivity index (χ2n) is 6.85. The summed E-state index contributed by atoms with van der Waals surface area (Å²) in [5.41, 5.74) is 0.395. The molecule has 0 aromatic carbocycles. The molecule has 2 fully saturated rings. The number of rotatable bonds is 3. The van der Waals surface area contributed by atoms with Crippen molar-refractivity contribution in [3.63, 3.8) is 0 Å². The van der Waals surface area contributed by atoms with Crippen molar-refractivity contribution in [1.29, 1.82) is 0 Å². The van der Waals surface area contributed by atoms with E-state index in [0.717, 1.165) is 37.8 Å². The lowest BCUT2D eigenvalue weighted by atomic mass is 10.1. The second-order valence-corrected chi connectivity index (χ2v) is 6.85. The van der Waals surface area contributed by atoms with E-state index in [9.17, 15) is 4.79 Å². The highest BCUT2D eigenvalue weighted by atomic mass is 16.2. The Morgan fingerprint density at radius 3 is 2.00 bits per heavy atom. The third-order valence-electron chi connectivity index (χ3n) is 5.03. The first-order chi connectivity index (χ1) is 12.7. The minimum Gasteiger partial charge on any atom is -0.355 e. The summed E-state index contributed by atoms with van der Waals surface area (Å²) in [6, 6.07) is 4.10. The SMILES string of the molecule is Cn1cc(C(=O)N2CCN(c3ccc(N4CCCCC4)nn3)CC2)nn1. The molecule has 0 N–H and O–H groups in total. The van der Waals surface area contributed by atoms with Crippen LogP contribution >= 0.6 is 0 Å². The van der Waals surface area contributed by atoms with Crippen LogP contribution in [0.15, 0.2) is 18.3 Å². The van der Waals surface area contributed by atoms with E-state index in [1.165, 1.54) is 19.3 Å². The Bertz CT molecular complexity index is 744. The average molecular weight is 356 g/mol. The largest absolute Gasteiger partial charge is 0.355 e. The van der Waals surface area contributed by atoms with Crippen LogP contribution in [0, 0.1) is 0 Å². The second kappa shape index (κ2) is 7.27. The van der Waals surface area contributed by atoms with E-state index in [-0.39, 0.29) is 5.91 Å². The number of nitrogens with zero attached hydrogens (tertiary/aromatic N) is 8. The number of aromatic nitrogens is 5. The zero-order valence-electron chi connectivity index (χ0n) is 15.1. The van der Waals surface area contributed by atoms with Gasteiger partial charge in [-0.15, -0.1) is 15.3 Å². The van der Waals surface area contributed by atoms with Gasteiger partial charge in [0.15, 0.2) is 17.3 Å². The predicted octanol–water partition coefficient (Wildman–Crippen LogP) is 0.558. The molecule has 0 saturated carbocycles. The molecule has 2 aliphatic heterocycles. The van der Waals surface area contributed by atoms with Gasteiger partial charge in [0.2, 0.25) is 0 Å². The molecule has 0 unspecified atom stereocenters. The van der Waals surface area contributed by atoms with Crippen molar-refractivity contribution in [1.82, 2.24) is 30.1 Å². The van der Waals surface area contributed by atoms with Crippen LogP contribution in [-0.4, -0.2) is 75.3 Å². The summed E-state index contributed by atoms with van der Waals surface area (Å²) in [5.74, 6) is 1.77. The highest BCUT2D eigenvalue weighted by Gasteiger charge is 2.25. The number of amides is 1. The number of hydrogen-bond donors (Lipinski definition) is 0. The number of hydrogen-bond acceptors (Lipinski definition) is 7. The Kier molecular flexibility index (Phi) is 4.68. The van der Waals surface area contributed by atoms with Crippen molar-refractivity contribution < 1.29 is 4.79 Å². The number of carbonyl (C=O) groups excluding carboxylic acids is 1. The van der Waals surface area contributed by atoms with Crippen LogP contribution in [0.4, 0.5) is 11.6 Å². The minimum absolute atomic E-state index is 0.0655. The molecule has 26 heavy (non-hydrogen) atoms. The molecule has 2 saturated heterocycles. The fraction of sp³-hybridized carbons (Fsp3) is 0.588. The molecule has 0 bridgehead atoms. The maximum Gasteiger partial charge on any atom is 0.276 e. The predicted molar refractivity (Wildman–Crippen MR) is 97.2 cm³/mol. The minimum atomic E-state index is -0.0655. The molecule has 4 rings (SSSR count). The number of piperidine rings is 1. The van der Waals surface area contributed by atoms with Gasteiger partial charge in [0.1, 0.15) is 0 Å². The molecule has 9 nitrogen and oxygen atoms in total. The van der Waals surface area contributed by atoms with E-state index in [0.29, 0.717) is 18.8 Å². The van der Waals surface area contributed by atoms with Gasteiger partial charge in [0.05, 0.1) is 6.20 Å². The molecule has 0 aliphatic carbocycles. The van der Waals surface area contributed by atoms with Gasteiger partial charge in [-0.1, -0.05) is 5.21 Å². The van der Waals surface area contributed by atoms with Gasteiger partial charge in [0, 0.05) is 46.3 Å². The van der Waals surface area contributed by atoms with E-state index >= 15 is 0 Å². The van der Waals surface area contributed by atoms with Gasteiger partial charge in [0.25, 0.3) is 5.91 Å². The average Bonchev–Trinajstić information content (AvgIpc) is 3.15. The summed E-state index contributed by atoms with van der Waals surface area (Å²) in [4.78, 5) is 18.7. The molecule has 0 radical (unpaired) electrons. The first-order valence-electron chi connectivity index (χ1n) is 9.20. The van der Waals surface area contributed by atoms with Crippen molar-refractivity contribution >= 4 is 17.5 Å². The molecule has 9 heteroatoms. The molecule has 2 aromatic rings. The summed E-state index contributed by atoms with van der Waals surface area (Å²) >= 11 is 0. The summed E-state index contributed by atoms with van der Waals surface area (Å²) in [7, 11) is 1.76. The van der Waals surface area contributed by atoms with E-state index in [1.807, 2.05) is 11.0 Å². The standard InChI is InChI=1S/C17H24N8O/c1-22-13-14(18-21-22)17(26)25-11-9-24(10-12-25)16-6-5-15(19-20-16)23-7-3-2-4-8-23/h5-6,13H,2-4,7-12H2,1H3. The van der Waals surface area contributed by atoms with Gasteiger partial charge in [-0.05, 0) is 31.4 Å². The zero-order chi connectivity index (χ0) is 17.9. The van der Waals surface area contributed by atoms with Crippen LogP contribution < -0.4 is 9.80 Å². The number of anilines is 2. The van der Waals surface area contributed by atoms with Crippen molar-refractivity contribution in [3.05, 3.63) is 24.0 Å². The van der Waals surface area contributed by atoms with Crippen LogP contribution in [0.3, 0.4) is 0 Å². The van der Waals surface area contributed by atoms with Crippen molar-refractivity contribution in [3.8, 4) is 0 Å². The Morgan fingerprint density at radius 1 is 0.846 bits per heavy atom. The van der Waals surface area contributed by atoms with E-state index in [4.69, 9.17) is 0 Å². The lowest BCUT2D eigenvalue weighted by Gasteiger charge is -2.35. The van der Waals surface area contributed by atoms with E-state index in [2.05, 4.69) is 36.4 Å². The van der Waals surface area contributed by atoms with Crippen LogP contribution in [0.2, 0.25) is 0 Å². The highest BCUT2D eigenvalue weighted by molar-refractivity contribution is 5.92. The quantitative estimate of drug-likeness (QED) is 0.794. The fourth-order valence-corrected chi connectivity index (χ4v) is 3.52. The van der Waals surface area contributed by atoms with Crippen molar-refractivity contribution in [2.45, 2.75) is 19.3 Å². The van der Waals surface area contributed by atoms with Crippen molar-refractivity contribution in [2.75, 3.05) is 49.1 Å². The van der Waals surface area contributed by atoms with Gasteiger partial charge < -0.3 is 14.7 Å². The zero-order valence-corrected chi connectivity index (χ0v) is 15.1. The van der Waals surface area contributed by atoms with Gasteiger partial charge in [-0.3, -0.25) is 9.48 Å². The lowest BCUT2D eigenvalue weighted by molar-refractivity contribution is 0.0740. The molecule has 138 valence electrons. The van der Waals surface area contributed by atoms with Crippen molar-refractivity contribution in [2.24, 2.45) is 7.05 Å². The summed E-state index contributed by atoms with van der Waals surface area (Å²) in [6.45, 7) is 4.90. The normalized spacial score (nSPS) is 18.3. The van der Waals surface area contributed by atoms with Crippen LogP contribution in [0.25, 0.3) is 0 Å². The molecule has 1 amide bonds. The first kappa shape index (κ1) is 16.7. The molecule has 0 atom stereocenters. The Labute approximate surface area is 152 Å². The molecule has 2 aliphatic rings. The summed E-state index contributed by atoms with van der Waals surface area (Å²) < 4.78 is 1.54. The van der Waals surface area contributed by atoms with Crippen LogP contribution in [-0.2, 0) is 7.05 Å². The maximum absolute atomic E-state index is 12.4. The molecule has 0 spiro atoms. The summed E-state index contributed by atoms with van der Waals surface area (Å²) in [5, 5.41) is 16.6. The Hall–Kier alpha value is -2.71. The molecule has 2 aromatic heterocycles. The monoisotopic (exact) mass is 356 g/mol. The molecule has 4 heterocycles. The Balaban J connectivity index is 1.35. The molecular weight excluding hydrogens is 332 g/mol. The number of carbonyl (C=O) groups is 1. The van der Waals surface area contributed by atoms with E-state index < -0.39 is 0 Å².